The van der Waals surface area contributed by atoms with Gasteiger partial charge in [-0.1, -0.05) is 0 Å². The molecule has 0 radical (unpaired) electrons. The number of methoxy groups -OCH3 is 1. The van der Waals surface area contributed by atoms with Crippen molar-refractivity contribution < 1.29 is 9.66 Å². The van der Waals surface area contributed by atoms with E-state index in [2.05, 4.69) is 10.3 Å². The second-order valence-corrected chi connectivity index (χ2v) is 4.98. The Bertz CT molecular complexity index is 582. The van der Waals surface area contributed by atoms with E-state index in [1.54, 1.807) is 19.2 Å². The van der Waals surface area contributed by atoms with Gasteiger partial charge in [0.1, 0.15) is 5.69 Å². The average molecular weight is 267 g/mol. The summed E-state index contributed by atoms with van der Waals surface area (Å²) in [5.41, 5.74) is 1.33. The summed E-state index contributed by atoms with van der Waals surface area (Å²) in [6.07, 6.45) is 0. The lowest BCUT2D eigenvalue weighted by molar-refractivity contribution is -0.383. The minimum atomic E-state index is -0.385. The number of hydrogen-bond acceptors (Lipinski definition) is 6. The second-order valence-electron chi connectivity index (χ2n) is 3.75. The van der Waals surface area contributed by atoms with Gasteiger partial charge in [0.15, 0.2) is 0 Å². The van der Waals surface area contributed by atoms with Crippen LogP contribution in [0.5, 0.6) is 0 Å². The topological polar surface area (TPSA) is 77.3 Å². The molecule has 0 aliphatic rings. The lowest BCUT2D eigenvalue weighted by Gasteiger charge is -2.06. The number of aryl methyl sites for hydroxylation is 1. The lowest BCUT2D eigenvalue weighted by atomic mass is 10.2. The maximum atomic E-state index is 11.0. The van der Waals surface area contributed by atoms with Gasteiger partial charge < -0.3 is 10.1 Å². The van der Waals surface area contributed by atoms with Crippen molar-refractivity contribution in [3.05, 3.63) is 27.3 Å². The number of fused-ring (bicyclic) bond motifs is 1. The van der Waals surface area contributed by atoms with Crippen LogP contribution in [0.2, 0.25) is 0 Å². The number of thiazole rings is 1. The molecule has 0 aliphatic carbocycles. The molecule has 2 rings (SSSR count). The van der Waals surface area contributed by atoms with E-state index in [0.717, 1.165) is 15.2 Å². The van der Waals surface area contributed by atoms with Crippen molar-refractivity contribution in [1.29, 1.82) is 0 Å². The Balaban J connectivity index is 2.40. The number of rotatable bonds is 5. The molecule has 18 heavy (non-hydrogen) atoms. The molecule has 0 spiro atoms. The SMILES string of the molecule is COCCNc1cc2nc(C)sc2cc1[N+](=O)[O-]. The van der Waals surface area contributed by atoms with Crippen LogP contribution in [0.4, 0.5) is 11.4 Å². The molecule has 0 unspecified atom stereocenters. The van der Waals surface area contributed by atoms with Crippen molar-refractivity contribution in [3.8, 4) is 0 Å². The number of nitrogens with zero attached hydrogens (tertiary/aromatic N) is 2. The molecule has 0 saturated carbocycles. The van der Waals surface area contributed by atoms with E-state index in [-0.39, 0.29) is 10.6 Å². The third kappa shape index (κ3) is 2.57. The van der Waals surface area contributed by atoms with Gasteiger partial charge in [-0.25, -0.2) is 4.98 Å². The molecule has 96 valence electrons. The Labute approximate surface area is 108 Å². The summed E-state index contributed by atoms with van der Waals surface area (Å²) in [5.74, 6) is 0. The van der Waals surface area contributed by atoms with Crippen LogP contribution in [0.3, 0.4) is 0 Å². The van der Waals surface area contributed by atoms with Crippen molar-refractivity contribution in [2.24, 2.45) is 0 Å². The second kappa shape index (κ2) is 5.28. The molecule has 0 fully saturated rings. The largest absolute Gasteiger partial charge is 0.383 e. The number of aromatic nitrogens is 1. The molecule has 0 atom stereocenters. The van der Waals surface area contributed by atoms with E-state index in [4.69, 9.17) is 4.74 Å². The molecule has 2 aromatic rings. The van der Waals surface area contributed by atoms with Gasteiger partial charge in [0.05, 0.1) is 26.8 Å². The highest BCUT2D eigenvalue weighted by molar-refractivity contribution is 7.18. The fourth-order valence-corrected chi connectivity index (χ4v) is 2.50. The van der Waals surface area contributed by atoms with Gasteiger partial charge in [0, 0.05) is 19.7 Å². The normalized spacial score (nSPS) is 10.8. The van der Waals surface area contributed by atoms with E-state index >= 15 is 0 Å². The molecule has 1 aromatic carbocycles. The molecule has 1 aromatic heterocycles. The smallest absolute Gasteiger partial charge is 0.293 e. The van der Waals surface area contributed by atoms with Gasteiger partial charge in [-0.05, 0) is 13.0 Å². The van der Waals surface area contributed by atoms with Crippen LogP contribution >= 0.6 is 11.3 Å². The molecule has 0 saturated heterocycles. The molecule has 0 amide bonds. The van der Waals surface area contributed by atoms with Gasteiger partial charge in [-0.3, -0.25) is 10.1 Å². The molecule has 1 N–H and O–H groups in total. The Morgan fingerprint density at radius 2 is 2.33 bits per heavy atom. The monoisotopic (exact) mass is 267 g/mol. The Morgan fingerprint density at radius 3 is 3.00 bits per heavy atom. The number of anilines is 1. The van der Waals surface area contributed by atoms with E-state index in [0.29, 0.717) is 18.8 Å². The Hall–Kier alpha value is -1.73. The predicted octanol–water partition coefficient (Wildman–Crippen LogP) is 2.57. The van der Waals surface area contributed by atoms with Crippen molar-refractivity contribution >= 4 is 32.9 Å². The maximum Gasteiger partial charge on any atom is 0.293 e. The zero-order valence-electron chi connectivity index (χ0n) is 10.1. The minimum absolute atomic E-state index is 0.0715. The van der Waals surface area contributed by atoms with Crippen LogP contribution in [0.15, 0.2) is 12.1 Å². The Morgan fingerprint density at radius 1 is 1.56 bits per heavy atom. The van der Waals surface area contributed by atoms with Crippen LogP contribution in [-0.2, 0) is 4.74 Å². The molecule has 0 aliphatic heterocycles. The van der Waals surface area contributed by atoms with Crippen molar-refractivity contribution in [1.82, 2.24) is 4.98 Å². The van der Waals surface area contributed by atoms with Gasteiger partial charge >= 0.3 is 0 Å². The van der Waals surface area contributed by atoms with Crippen LogP contribution in [0.1, 0.15) is 5.01 Å². The first-order valence-electron chi connectivity index (χ1n) is 5.40. The maximum absolute atomic E-state index is 11.0. The lowest BCUT2D eigenvalue weighted by Crippen LogP contribution is -2.09. The van der Waals surface area contributed by atoms with Crippen LogP contribution in [0.25, 0.3) is 10.2 Å². The quantitative estimate of drug-likeness (QED) is 0.512. The number of ether oxygens (including phenoxy) is 1. The molecular weight excluding hydrogens is 254 g/mol. The van der Waals surface area contributed by atoms with Crippen LogP contribution < -0.4 is 5.32 Å². The first kappa shape index (κ1) is 12.7. The standard InChI is InChI=1S/C11H13N3O3S/c1-7-13-9-5-8(12-3-4-17-2)10(14(15)16)6-11(9)18-7/h5-6,12H,3-4H2,1-2H3. The number of nitro benzene ring substituents is 1. The fourth-order valence-electron chi connectivity index (χ4n) is 1.66. The third-order valence-corrected chi connectivity index (χ3v) is 3.36. The summed E-state index contributed by atoms with van der Waals surface area (Å²) in [6, 6.07) is 3.28. The first-order chi connectivity index (χ1) is 8.61. The summed E-state index contributed by atoms with van der Waals surface area (Å²) in [7, 11) is 1.59. The highest BCUT2D eigenvalue weighted by Crippen LogP contribution is 2.32. The Kier molecular flexibility index (Phi) is 3.73. The van der Waals surface area contributed by atoms with E-state index in [1.807, 2.05) is 6.92 Å². The average Bonchev–Trinajstić information content (AvgIpc) is 2.67. The first-order valence-corrected chi connectivity index (χ1v) is 6.22. The van der Waals surface area contributed by atoms with E-state index < -0.39 is 0 Å². The van der Waals surface area contributed by atoms with Gasteiger partial charge in [-0.15, -0.1) is 11.3 Å². The van der Waals surface area contributed by atoms with Crippen LogP contribution in [0, 0.1) is 17.0 Å². The van der Waals surface area contributed by atoms with Gasteiger partial charge in [-0.2, -0.15) is 0 Å². The van der Waals surface area contributed by atoms with Gasteiger partial charge in [0.25, 0.3) is 5.69 Å². The van der Waals surface area contributed by atoms with Crippen molar-refractivity contribution in [2.75, 3.05) is 25.6 Å². The third-order valence-electron chi connectivity index (χ3n) is 2.43. The summed E-state index contributed by atoms with van der Waals surface area (Å²) < 4.78 is 5.74. The summed E-state index contributed by atoms with van der Waals surface area (Å²) in [5, 5.41) is 14.9. The summed E-state index contributed by atoms with van der Waals surface area (Å²) in [6.45, 7) is 2.89. The van der Waals surface area contributed by atoms with E-state index in [1.165, 1.54) is 11.3 Å². The zero-order chi connectivity index (χ0) is 13.1. The van der Waals surface area contributed by atoms with Crippen molar-refractivity contribution in [3.63, 3.8) is 0 Å². The fraction of sp³-hybridized carbons (Fsp3) is 0.364. The number of nitro groups is 1. The molecule has 1 heterocycles. The highest BCUT2D eigenvalue weighted by atomic mass is 32.1. The molecule has 0 bridgehead atoms. The van der Waals surface area contributed by atoms with Gasteiger partial charge in [0.2, 0.25) is 0 Å². The van der Waals surface area contributed by atoms with E-state index in [9.17, 15) is 10.1 Å². The number of nitrogens with one attached hydrogen (secondary N) is 1. The molecular formula is C11H13N3O3S. The summed E-state index contributed by atoms with van der Waals surface area (Å²) >= 11 is 1.45. The van der Waals surface area contributed by atoms with Crippen molar-refractivity contribution in [2.45, 2.75) is 6.92 Å². The minimum Gasteiger partial charge on any atom is -0.383 e. The zero-order valence-corrected chi connectivity index (χ0v) is 10.9. The molecule has 7 heteroatoms. The van der Waals surface area contributed by atoms with Crippen LogP contribution in [-0.4, -0.2) is 30.2 Å². The summed E-state index contributed by atoms with van der Waals surface area (Å²) in [4.78, 5) is 15.0. The molecule has 6 nitrogen and oxygen atoms in total. The highest BCUT2D eigenvalue weighted by Gasteiger charge is 2.16. The number of hydrogen-bond donors (Lipinski definition) is 1. The number of benzene rings is 1. The predicted molar refractivity (Wildman–Crippen MR) is 71.4 cm³/mol.